The zero-order valence-corrected chi connectivity index (χ0v) is 23.9. The number of nitrogens with zero attached hydrogens (tertiary/aromatic N) is 2. The number of carbonyl (C=O) groups excluding carboxylic acids is 3. The third-order valence-electron chi connectivity index (χ3n) is 6.64. The van der Waals surface area contributed by atoms with Crippen LogP contribution in [0, 0.1) is 12.7 Å². The number of hydrogen-bond acceptors (Lipinski definition) is 3. The highest BCUT2D eigenvalue weighted by Gasteiger charge is 2.36. The normalized spacial score (nSPS) is 12.8. The van der Waals surface area contributed by atoms with Crippen molar-refractivity contribution in [3.63, 3.8) is 0 Å². The largest absolute Gasteiger partial charge is 0.336 e. The lowest BCUT2D eigenvalue weighted by molar-refractivity contribution is 0.0981. The summed E-state index contributed by atoms with van der Waals surface area (Å²) >= 11 is 24.2. The second kappa shape index (κ2) is 10.9. The molecule has 4 aromatic rings. The molecule has 0 radical (unpaired) electrons. The van der Waals surface area contributed by atoms with E-state index < -0.39 is 21.3 Å². The number of para-hydroxylation sites is 1. The lowest BCUT2D eigenvalue weighted by Crippen LogP contribution is -2.31. The Morgan fingerprint density at radius 3 is 2.38 bits per heavy atom. The van der Waals surface area contributed by atoms with E-state index in [-0.39, 0.29) is 40.8 Å². The molecule has 0 fully saturated rings. The van der Waals surface area contributed by atoms with Gasteiger partial charge >= 0.3 is 0 Å². The van der Waals surface area contributed by atoms with E-state index in [9.17, 15) is 18.8 Å². The molecule has 1 N–H and O–H groups in total. The first-order valence-corrected chi connectivity index (χ1v) is 13.5. The van der Waals surface area contributed by atoms with E-state index in [0.29, 0.717) is 22.6 Å². The molecule has 1 aliphatic rings. The minimum atomic E-state index is -2.13. The Hall–Kier alpha value is -3.36. The number of amides is 2. The van der Waals surface area contributed by atoms with Crippen LogP contribution >= 0.6 is 46.4 Å². The van der Waals surface area contributed by atoms with Crippen molar-refractivity contribution in [1.29, 1.82) is 0 Å². The van der Waals surface area contributed by atoms with Gasteiger partial charge in [-0.2, -0.15) is 0 Å². The minimum Gasteiger partial charge on any atom is -0.336 e. The van der Waals surface area contributed by atoms with Gasteiger partial charge in [0.2, 0.25) is 5.78 Å². The van der Waals surface area contributed by atoms with Crippen molar-refractivity contribution in [3.05, 3.63) is 117 Å². The Morgan fingerprint density at radius 2 is 1.65 bits per heavy atom. The predicted octanol–water partition coefficient (Wildman–Crippen LogP) is 7.60. The number of alkyl halides is 3. The standard InChI is InChI=1S/C29H20Cl4FN3O3/c1-16-6-7-18(34)12-22(16)27(39)35-19-8-10-21(23(30)13-19)28(40)37-15-20-9-11-25(26(38)29(31,32)33)36(20)14-17-4-2-3-5-24(17)37/h2-13H,14-15H2,1H3,(H,35,39). The van der Waals surface area contributed by atoms with Gasteiger partial charge in [0.25, 0.3) is 15.6 Å². The molecule has 1 aromatic heterocycles. The number of benzene rings is 3. The summed E-state index contributed by atoms with van der Waals surface area (Å²) in [6.07, 6.45) is 0. The summed E-state index contributed by atoms with van der Waals surface area (Å²) < 4.78 is 13.3. The molecule has 204 valence electrons. The number of carbonyl (C=O) groups is 3. The second-order valence-electron chi connectivity index (χ2n) is 9.25. The van der Waals surface area contributed by atoms with Crippen LogP contribution in [-0.2, 0) is 13.1 Å². The van der Waals surface area contributed by atoms with Crippen molar-refractivity contribution in [2.24, 2.45) is 0 Å². The molecule has 0 unspecified atom stereocenters. The van der Waals surface area contributed by atoms with Crippen LogP contribution in [-0.4, -0.2) is 26.0 Å². The lowest BCUT2D eigenvalue weighted by atomic mass is 10.1. The van der Waals surface area contributed by atoms with E-state index in [1.807, 2.05) is 18.2 Å². The van der Waals surface area contributed by atoms with E-state index in [2.05, 4.69) is 5.32 Å². The molecule has 2 amide bonds. The molecule has 1 aliphatic heterocycles. The fourth-order valence-corrected chi connectivity index (χ4v) is 5.19. The zero-order chi connectivity index (χ0) is 28.8. The van der Waals surface area contributed by atoms with Crippen LogP contribution in [0.3, 0.4) is 0 Å². The zero-order valence-electron chi connectivity index (χ0n) is 20.9. The summed E-state index contributed by atoms with van der Waals surface area (Å²) in [5, 5.41) is 2.81. The maximum Gasteiger partial charge on any atom is 0.260 e. The number of aryl methyl sites for hydroxylation is 1. The first kappa shape index (κ1) is 28.2. The molecular formula is C29H20Cl4FN3O3. The number of halogens is 5. The molecular weight excluding hydrogens is 599 g/mol. The average molecular weight is 619 g/mol. The van der Waals surface area contributed by atoms with Gasteiger partial charge < -0.3 is 14.8 Å². The topological polar surface area (TPSA) is 71.4 Å². The Balaban J connectivity index is 1.46. The number of rotatable bonds is 4. The quantitative estimate of drug-likeness (QED) is 0.189. The third kappa shape index (κ3) is 5.47. The van der Waals surface area contributed by atoms with Crippen molar-refractivity contribution in [3.8, 4) is 0 Å². The summed E-state index contributed by atoms with van der Waals surface area (Å²) in [6.45, 7) is 2.10. The number of ketones is 1. The number of hydrogen-bond donors (Lipinski definition) is 1. The molecule has 3 aromatic carbocycles. The van der Waals surface area contributed by atoms with Gasteiger partial charge in [-0.25, -0.2) is 4.39 Å². The van der Waals surface area contributed by atoms with E-state index in [1.165, 1.54) is 24.3 Å². The van der Waals surface area contributed by atoms with Gasteiger partial charge in [-0.15, -0.1) is 0 Å². The van der Waals surface area contributed by atoms with Crippen LogP contribution in [0.5, 0.6) is 0 Å². The Bertz CT molecular complexity index is 1680. The van der Waals surface area contributed by atoms with Gasteiger partial charge in [0.1, 0.15) is 5.82 Å². The summed E-state index contributed by atoms with van der Waals surface area (Å²) in [7, 11) is 0. The monoisotopic (exact) mass is 617 g/mol. The Kier molecular flexibility index (Phi) is 7.68. The lowest BCUT2D eigenvalue weighted by Gasteiger charge is -2.23. The molecule has 0 bridgehead atoms. The summed E-state index contributed by atoms with van der Waals surface area (Å²) in [5.41, 5.74) is 3.63. The summed E-state index contributed by atoms with van der Waals surface area (Å²) in [5.74, 6) is -2.09. The maximum atomic E-state index is 13.9. The molecule has 6 nitrogen and oxygen atoms in total. The molecule has 0 aliphatic carbocycles. The van der Waals surface area contributed by atoms with E-state index in [0.717, 1.165) is 11.6 Å². The Morgan fingerprint density at radius 1 is 0.900 bits per heavy atom. The van der Waals surface area contributed by atoms with Crippen molar-refractivity contribution in [2.75, 3.05) is 10.2 Å². The number of Topliss-reactive ketones (excluding diaryl/α,β-unsaturated/α-hetero) is 1. The van der Waals surface area contributed by atoms with Crippen LogP contribution in [0.25, 0.3) is 0 Å². The average Bonchev–Trinajstić information content (AvgIpc) is 3.21. The van der Waals surface area contributed by atoms with Crippen LogP contribution < -0.4 is 10.2 Å². The fourth-order valence-electron chi connectivity index (χ4n) is 4.63. The van der Waals surface area contributed by atoms with Crippen molar-refractivity contribution < 1.29 is 18.8 Å². The molecule has 0 spiro atoms. The first-order valence-electron chi connectivity index (χ1n) is 12.0. The number of aromatic nitrogens is 1. The Labute approximate surface area is 249 Å². The van der Waals surface area contributed by atoms with E-state index in [4.69, 9.17) is 46.4 Å². The number of anilines is 2. The molecule has 5 rings (SSSR count). The maximum absolute atomic E-state index is 13.9. The smallest absolute Gasteiger partial charge is 0.260 e. The van der Waals surface area contributed by atoms with Crippen LogP contribution in [0.4, 0.5) is 15.8 Å². The molecule has 0 atom stereocenters. The number of fused-ring (bicyclic) bond motifs is 2. The van der Waals surface area contributed by atoms with Gasteiger partial charge in [-0.1, -0.05) is 70.7 Å². The van der Waals surface area contributed by atoms with Crippen molar-refractivity contribution in [2.45, 2.75) is 23.8 Å². The molecule has 0 saturated heterocycles. The fraction of sp³-hybridized carbons (Fsp3) is 0.138. The van der Waals surface area contributed by atoms with Crippen LogP contribution in [0.15, 0.2) is 72.8 Å². The van der Waals surface area contributed by atoms with Gasteiger partial charge in [0, 0.05) is 22.6 Å². The van der Waals surface area contributed by atoms with Crippen molar-refractivity contribution in [1.82, 2.24) is 4.57 Å². The van der Waals surface area contributed by atoms with E-state index >= 15 is 0 Å². The third-order valence-corrected chi connectivity index (χ3v) is 7.47. The van der Waals surface area contributed by atoms with Crippen LogP contribution in [0.2, 0.25) is 5.02 Å². The van der Waals surface area contributed by atoms with Gasteiger partial charge in [-0.05, 0) is 66.6 Å². The highest BCUT2D eigenvalue weighted by atomic mass is 35.6. The van der Waals surface area contributed by atoms with E-state index in [1.54, 1.807) is 40.7 Å². The van der Waals surface area contributed by atoms with Crippen LogP contribution in [0.1, 0.15) is 48.0 Å². The predicted molar refractivity (Wildman–Crippen MR) is 156 cm³/mol. The molecule has 11 heteroatoms. The first-order chi connectivity index (χ1) is 18.9. The van der Waals surface area contributed by atoms with Gasteiger partial charge in [-0.3, -0.25) is 14.4 Å². The highest BCUT2D eigenvalue weighted by molar-refractivity contribution is 6.77. The van der Waals surface area contributed by atoms with Gasteiger partial charge in [0.15, 0.2) is 0 Å². The van der Waals surface area contributed by atoms with Gasteiger partial charge in [0.05, 0.1) is 29.4 Å². The number of nitrogens with one attached hydrogen (secondary N) is 1. The minimum absolute atomic E-state index is 0.114. The summed E-state index contributed by atoms with van der Waals surface area (Å²) in [4.78, 5) is 40.9. The second-order valence-corrected chi connectivity index (χ2v) is 11.9. The molecule has 2 heterocycles. The molecule has 0 saturated carbocycles. The summed E-state index contributed by atoms with van der Waals surface area (Å²) in [6, 6.07) is 19.1. The highest BCUT2D eigenvalue weighted by Crippen LogP contribution is 2.35. The van der Waals surface area contributed by atoms with Crippen molar-refractivity contribution >= 4 is 75.4 Å². The SMILES string of the molecule is Cc1ccc(F)cc1C(=O)Nc1ccc(C(=O)N2Cc3ccc(C(=O)C(Cl)(Cl)Cl)n3Cc3ccccc32)c(Cl)c1. The molecule has 40 heavy (non-hydrogen) atoms.